The smallest absolute Gasteiger partial charge is 0.343 e. The van der Waals surface area contributed by atoms with Gasteiger partial charge in [0.15, 0.2) is 0 Å². The van der Waals surface area contributed by atoms with Crippen LogP contribution >= 0.6 is 0 Å². The van der Waals surface area contributed by atoms with Crippen molar-refractivity contribution in [3.05, 3.63) is 81.4 Å². The fourth-order valence-corrected chi connectivity index (χ4v) is 3.70. The number of ketones is 1. The highest BCUT2D eigenvalue weighted by Crippen LogP contribution is 2.31. The van der Waals surface area contributed by atoms with Gasteiger partial charge in [0, 0.05) is 34.4 Å². The molecule has 0 aliphatic heterocycles. The number of benzene rings is 1. The van der Waals surface area contributed by atoms with Crippen molar-refractivity contribution in [3.63, 3.8) is 0 Å². The molecular formula is C23H20N2O5. The van der Waals surface area contributed by atoms with Crippen molar-refractivity contribution in [1.82, 2.24) is 9.38 Å². The highest BCUT2D eigenvalue weighted by atomic mass is 16.5. The SMILES string of the molecule is CCOC(=O)c1c[nH]c2ccc(C(=O)c3c(C)c(OC)c4ccccn34)cc2c1=O. The highest BCUT2D eigenvalue weighted by Gasteiger charge is 2.23. The molecule has 3 heterocycles. The summed E-state index contributed by atoms with van der Waals surface area (Å²) in [4.78, 5) is 41.2. The Hall–Kier alpha value is -3.87. The van der Waals surface area contributed by atoms with Crippen molar-refractivity contribution < 1.29 is 19.1 Å². The molecule has 4 aromatic rings. The zero-order valence-electron chi connectivity index (χ0n) is 16.8. The number of aromatic amines is 1. The zero-order valence-corrected chi connectivity index (χ0v) is 16.8. The summed E-state index contributed by atoms with van der Waals surface area (Å²) in [7, 11) is 1.57. The maximum absolute atomic E-state index is 13.4. The lowest BCUT2D eigenvalue weighted by Gasteiger charge is -2.07. The van der Waals surface area contributed by atoms with E-state index in [-0.39, 0.29) is 23.3 Å². The molecule has 1 aromatic carbocycles. The Bertz CT molecular complexity index is 1360. The van der Waals surface area contributed by atoms with Crippen LogP contribution in [0.3, 0.4) is 0 Å². The predicted molar refractivity (Wildman–Crippen MR) is 113 cm³/mol. The number of ether oxygens (including phenoxy) is 2. The Kier molecular flexibility index (Phi) is 4.87. The van der Waals surface area contributed by atoms with E-state index in [9.17, 15) is 14.4 Å². The average molecular weight is 404 g/mol. The minimum atomic E-state index is -0.699. The minimum Gasteiger partial charge on any atom is -0.494 e. The van der Waals surface area contributed by atoms with Gasteiger partial charge in [-0.2, -0.15) is 0 Å². The second-order valence-corrected chi connectivity index (χ2v) is 6.80. The number of hydrogen-bond donors (Lipinski definition) is 1. The summed E-state index contributed by atoms with van der Waals surface area (Å²) in [5, 5.41) is 0.247. The Labute approximate surface area is 171 Å². The van der Waals surface area contributed by atoms with Crippen molar-refractivity contribution in [2.24, 2.45) is 0 Å². The predicted octanol–water partition coefficient (Wildman–Crippen LogP) is 3.51. The Morgan fingerprint density at radius 2 is 1.97 bits per heavy atom. The van der Waals surface area contributed by atoms with Crippen molar-refractivity contribution in [1.29, 1.82) is 0 Å². The largest absolute Gasteiger partial charge is 0.494 e. The highest BCUT2D eigenvalue weighted by molar-refractivity contribution is 6.12. The lowest BCUT2D eigenvalue weighted by molar-refractivity contribution is 0.0524. The summed E-state index contributed by atoms with van der Waals surface area (Å²) in [6, 6.07) is 10.4. The van der Waals surface area contributed by atoms with E-state index in [1.807, 2.05) is 25.1 Å². The molecule has 0 aliphatic rings. The van der Waals surface area contributed by atoms with Crippen LogP contribution in [-0.2, 0) is 4.74 Å². The molecule has 0 spiro atoms. The molecule has 7 nitrogen and oxygen atoms in total. The molecule has 0 aliphatic carbocycles. The summed E-state index contributed by atoms with van der Waals surface area (Å²) in [5.74, 6) is -0.322. The van der Waals surface area contributed by atoms with Crippen LogP contribution in [0.15, 0.2) is 53.6 Å². The number of aromatic nitrogens is 2. The Morgan fingerprint density at radius 1 is 1.17 bits per heavy atom. The molecule has 152 valence electrons. The van der Waals surface area contributed by atoms with E-state index in [1.54, 1.807) is 36.8 Å². The van der Waals surface area contributed by atoms with Gasteiger partial charge in [-0.25, -0.2) is 4.79 Å². The van der Waals surface area contributed by atoms with Crippen molar-refractivity contribution in [3.8, 4) is 5.75 Å². The monoisotopic (exact) mass is 404 g/mol. The Morgan fingerprint density at radius 3 is 2.70 bits per heavy atom. The first-order chi connectivity index (χ1) is 14.5. The summed E-state index contributed by atoms with van der Waals surface area (Å²) < 4.78 is 12.2. The first kappa shape index (κ1) is 19.4. The molecule has 0 amide bonds. The number of fused-ring (bicyclic) bond motifs is 2. The van der Waals surface area contributed by atoms with Gasteiger partial charge in [0.2, 0.25) is 11.2 Å². The fraction of sp³-hybridized carbons (Fsp3) is 0.174. The van der Waals surface area contributed by atoms with Gasteiger partial charge in [-0.15, -0.1) is 0 Å². The molecular weight excluding hydrogens is 384 g/mol. The molecule has 30 heavy (non-hydrogen) atoms. The van der Waals surface area contributed by atoms with Gasteiger partial charge in [-0.3, -0.25) is 9.59 Å². The van der Waals surface area contributed by atoms with Crippen LogP contribution in [0.2, 0.25) is 0 Å². The topological polar surface area (TPSA) is 89.9 Å². The van der Waals surface area contributed by atoms with Crippen molar-refractivity contribution in [2.75, 3.05) is 13.7 Å². The molecule has 0 saturated carbocycles. The molecule has 0 atom stereocenters. The second-order valence-electron chi connectivity index (χ2n) is 6.80. The van der Waals surface area contributed by atoms with Gasteiger partial charge < -0.3 is 18.9 Å². The molecule has 0 fully saturated rings. The number of esters is 1. The minimum absolute atomic E-state index is 0.0973. The number of hydrogen-bond acceptors (Lipinski definition) is 5. The zero-order chi connectivity index (χ0) is 21.4. The van der Waals surface area contributed by atoms with Crippen LogP contribution < -0.4 is 10.2 Å². The second kappa shape index (κ2) is 7.51. The molecule has 0 unspecified atom stereocenters. The van der Waals surface area contributed by atoms with Gasteiger partial charge in [0.25, 0.3) is 0 Å². The van der Waals surface area contributed by atoms with Gasteiger partial charge in [-0.05, 0) is 44.2 Å². The number of nitrogens with zero attached hydrogens (tertiary/aromatic N) is 1. The van der Waals surface area contributed by atoms with E-state index in [0.717, 1.165) is 5.52 Å². The van der Waals surface area contributed by atoms with E-state index in [4.69, 9.17) is 9.47 Å². The van der Waals surface area contributed by atoms with Gasteiger partial charge in [0.1, 0.15) is 17.0 Å². The summed E-state index contributed by atoms with van der Waals surface area (Å²) in [6.07, 6.45) is 3.13. The Balaban J connectivity index is 1.88. The maximum atomic E-state index is 13.4. The number of pyridine rings is 2. The van der Waals surface area contributed by atoms with Crippen LogP contribution in [0, 0.1) is 6.92 Å². The average Bonchev–Trinajstić information content (AvgIpc) is 3.04. The normalized spacial score (nSPS) is 11.0. The van der Waals surface area contributed by atoms with Crippen LogP contribution in [0.25, 0.3) is 16.4 Å². The standard InChI is InChI=1S/C23H20N2O5/c1-4-30-23(28)16-12-24-17-9-8-14(11-15(17)21(16)27)20(26)19-13(2)22(29-3)18-7-5-6-10-25(18)19/h5-12H,4H2,1-3H3,(H,24,27). The molecule has 7 heteroatoms. The third-order valence-corrected chi connectivity index (χ3v) is 5.09. The number of carbonyl (C=O) groups excluding carboxylic acids is 2. The number of carbonyl (C=O) groups is 2. The van der Waals surface area contributed by atoms with Crippen LogP contribution in [0.4, 0.5) is 0 Å². The van der Waals surface area contributed by atoms with Crippen molar-refractivity contribution >= 4 is 28.2 Å². The van der Waals surface area contributed by atoms with E-state index in [0.29, 0.717) is 28.1 Å². The number of H-pyrrole nitrogens is 1. The van der Waals surface area contributed by atoms with E-state index < -0.39 is 11.4 Å². The molecule has 3 aromatic heterocycles. The fourth-order valence-electron chi connectivity index (χ4n) is 3.70. The molecule has 0 bridgehead atoms. The molecule has 0 radical (unpaired) electrons. The van der Waals surface area contributed by atoms with Crippen molar-refractivity contribution in [2.45, 2.75) is 13.8 Å². The number of nitrogens with one attached hydrogen (secondary N) is 1. The summed E-state index contributed by atoms with van der Waals surface area (Å²) in [5.41, 5.74) is 2.24. The third-order valence-electron chi connectivity index (χ3n) is 5.09. The summed E-state index contributed by atoms with van der Waals surface area (Å²) >= 11 is 0. The number of rotatable bonds is 5. The summed E-state index contributed by atoms with van der Waals surface area (Å²) in [6.45, 7) is 3.66. The van der Waals surface area contributed by atoms with Gasteiger partial charge in [0.05, 0.1) is 19.2 Å². The van der Waals surface area contributed by atoms with Gasteiger partial charge >= 0.3 is 5.97 Å². The van der Waals surface area contributed by atoms with Crippen LogP contribution in [-0.4, -0.2) is 34.9 Å². The van der Waals surface area contributed by atoms with Gasteiger partial charge in [-0.1, -0.05) is 6.07 Å². The third kappa shape index (κ3) is 2.95. The molecule has 4 rings (SSSR count). The first-order valence-corrected chi connectivity index (χ1v) is 9.48. The van der Waals surface area contributed by atoms with Crippen LogP contribution in [0.5, 0.6) is 5.75 Å². The molecule has 1 N–H and O–H groups in total. The van der Waals surface area contributed by atoms with Crippen LogP contribution in [0.1, 0.15) is 38.9 Å². The molecule has 0 saturated heterocycles. The quantitative estimate of drug-likeness (QED) is 0.406. The maximum Gasteiger partial charge on any atom is 0.343 e. The lowest BCUT2D eigenvalue weighted by atomic mass is 10.0. The first-order valence-electron chi connectivity index (χ1n) is 9.48. The lowest BCUT2D eigenvalue weighted by Crippen LogP contribution is -2.18. The van der Waals surface area contributed by atoms with E-state index in [2.05, 4.69) is 4.98 Å². The number of methoxy groups -OCH3 is 1. The van der Waals surface area contributed by atoms with E-state index >= 15 is 0 Å². The van der Waals surface area contributed by atoms with E-state index in [1.165, 1.54) is 12.3 Å².